The van der Waals surface area contributed by atoms with Gasteiger partial charge in [0.1, 0.15) is 12.7 Å². The van der Waals surface area contributed by atoms with E-state index in [-0.39, 0.29) is 12.7 Å². The number of carboxylic acids is 1. The maximum atomic E-state index is 10.7. The van der Waals surface area contributed by atoms with Gasteiger partial charge in [-0.15, -0.1) is 0 Å². The standard InChI is InChI=1S/C7H8O5.C4H10O/c8-6(9)1-2-7(10)12-4-5-3-11-5;1-3-5-4-2/h1-2,5H,3-4H2,(H,8,9);3-4H2,1-2H3/b2-1-;. The number of rotatable bonds is 6. The van der Waals surface area contributed by atoms with Crippen LogP contribution in [0, 0.1) is 0 Å². The minimum atomic E-state index is -1.17. The molecule has 0 amide bonds. The van der Waals surface area contributed by atoms with E-state index >= 15 is 0 Å². The Kier molecular flexibility index (Phi) is 8.99. The lowest BCUT2D eigenvalue weighted by atomic mass is 10.5. The summed E-state index contributed by atoms with van der Waals surface area (Å²) in [4.78, 5) is 20.6. The molecule has 6 nitrogen and oxygen atoms in total. The first-order valence-corrected chi connectivity index (χ1v) is 5.37. The highest BCUT2D eigenvalue weighted by Gasteiger charge is 2.23. The van der Waals surface area contributed by atoms with Gasteiger partial charge >= 0.3 is 11.9 Å². The van der Waals surface area contributed by atoms with Crippen LogP contribution in [0.15, 0.2) is 12.2 Å². The van der Waals surface area contributed by atoms with Gasteiger partial charge < -0.3 is 19.3 Å². The third-order valence-electron chi connectivity index (χ3n) is 1.58. The molecule has 0 aromatic carbocycles. The van der Waals surface area contributed by atoms with Crippen LogP contribution >= 0.6 is 0 Å². The molecule has 0 spiro atoms. The molecule has 0 saturated carbocycles. The van der Waals surface area contributed by atoms with Crippen LogP contribution in [0.5, 0.6) is 0 Å². The quantitative estimate of drug-likeness (QED) is 0.420. The summed E-state index contributed by atoms with van der Waals surface area (Å²) in [6.07, 6.45) is 1.60. The Bertz CT molecular complexity index is 255. The lowest BCUT2D eigenvalue weighted by molar-refractivity contribution is -0.139. The molecule has 1 saturated heterocycles. The highest BCUT2D eigenvalue weighted by molar-refractivity contribution is 5.90. The van der Waals surface area contributed by atoms with E-state index in [0.717, 1.165) is 25.4 Å². The van der Waals surface area contributed by atoms with Crippen LogP contribution in [0.25, 0.3) is 0 Å². The van der Waals surface area contributed by atoms with Crippen molar-refractivity contribution >= 4 is 11.9 Å². The van der Waals surface area contributed by atoms with Gasteiger partial charge in [0.25, 0.3) is 0 Å². The monoisotopic (exact) mass is 246 g/mol. The van der Waals surface area contributed by atoms with Gasteiger partial charge in [-0.1, -0.05) is 0 Å². The van der Waals surface area contributed by atoms with Crippen LogP contribution in [-0.2, 0) is 23.8 Å². The summed E-state index contributed by atoms with van der Waals surface area (Å²) >= 11 is 0. The summed E-state index contributed by atoms with van der Waals surface area (Å²) < 4.78 is 14.2. The van der Waals surface area contributed by atoms with Crippen LogP contribution in [0.3, 0.4) is 0 Å². The first-order chi connectivity index (χ1) is 8.10. The van der Waals surface area contributed by atoms with Crippen LogP contribution in [0.1, 0.15) is 13.8 Å². The zero-order valence-electron chi connectivity index (χ0n) is 10.0. The molecule has 1 unspecified atom stereocenters. The Morgan fingerprint density at radius 1 is 1.35 bits per heavy atom. The number of hydrogen-bond acceptors (Lipinski definition) is 5. The molecule has 1 heterocycles. The number of carboxylic acid groups (broad SMARTS) is 1. The largest absolute Gasteiger partial charge is 0.478 e. The van der Waals surface area contributed by atoms with E-state index in [0.29, 0.717) is 6.61 Å². The van der Waals surface area contributed by atoms with Crippen molar-refractivity contribution in [1.29, 1.82) is 0 Å². The van der Waals surface area contributed by atoms with Crippen molar-refractivity contribution in [2.45, 2.75) is 20.0 Å². The van der Waals surface area contributed by atoms with Crippen molar-refractivity contribution in [1.82, 2.24) is 0 Å². The Labute approximate surface area is 100 Å². The minimum absolute atomic E-state index is 0.00665. The molecule has 1 N–H and O–H groups in total. The summed E-state index contributed by atoms with van der Waals surface area (Å²) in [5.41, 5.74) is 0. The lowest BCUT2D eigenvalue weighted by Gasteiger charge is -1.95. The molecule has 0 aromatic rings. The summed E-state index contributed by atoms with van der Waals surface area (Å²) in [6.45, 7) is 6.47. The van der Waals surface area contributed by atoms with E-state index in [1.165, 1.54) is 0 Å². The molecule has 1 aliphatic rings. The maximum absolute atomic E-state index is 10.7. The number of hydrogen-bond donors (Lipinski definition) is 1. The fourth-order valence-electron chi connectivity index (χ4n) is 0.731. The smallest absolute Gasteiger partial charge is 0.331 e. The van der Waals surface area contributed by atoms with Crippen molar-refractivity contribution in [3.05, 3.63) is 12.2 Å². The van der Waals surface area contributed by atoms with Gasteiger partial charge in [0.15, 0.2) is 0 Å². The number of epoxide rings is 1. The fourth-order valence-corrected chi connectivity index (χ4v) is 0.731. The average Bonchev–Trinajstić information content (AvgIpc) is 3.09. The van der Waals surface area contributed by atoms with E-state index in [1.807, 2.05) is 13.8 Å². The van der Waals surface area contributed by atoms with Crippen LogP contribution in [-0.4, -0.2) is 49.6 Å². The average molecular weight is 246 g/mol. The molecule has 0 aromatic heterocycles. The Hall–Kier alpha value is -1.40. The lowest BCUT2D eigenvalue weighted by Crippen LogP contribution is -2.07. The van der Waals surface area contributed by atoms with Crippen molar-refractivity contribution < 1.29 is 28.9 Å². The Morgan fingerprint density at radius 2 is 1.94 bits per heavy atom. The highest BCUT2D eigenvalue weighted by atomic mass is 16.6. The van der Waals surface area contributed by atoms with Crippen molar-refractivity contribution in [3.8, 4) is 0 Å². The van der Waals surface area contributed by atoms with Crippen LogP contribution in [0.2, 0.25) is 0 Å². The predicted octanol–water partition coefficient (Wildman–Crippen LogP) is 0.612. The molecule has 1 rings (SSSR count). The molecule has 6 heteroatoms. The van der Waals surface area contributed by atoms with E-state index in [2.05, 4.69) is 4.74 Å². The zero-order valence-corrected chi connectivity index (χ0v) is 10.0. The van der Waals surface area contributed by atoms with E-state index in [9.17, 15) is 9.59 Å². The van der Waals surface area contributed by atoms with Gasteiger partial charge in [-0.2, -0.15) is 0 Å². The second-order valence-corrected chi connectivity index (χ2v) is 3.04. The first kappa shape index (κ1) is 15.6. The van der Waals surface area contributed by atoms with E-state index < -0.39 is 11.9 Å². The number of carbonyl (C=O) groups excluding carboxylic acids is 1. The van der Waals surface area contributed by atoms with Crippen molar-refractivity contribution in [2.24, 2.45) is 0 Å². The summed E-state index contributed by atoms with van der Waals surface area (Å²) in [6, 6.07) is 0. The maximum Gasteiger partial charge on any atom is 0.331 e. The van der Waals surface area contributed by atoms with Gasteiger partial charge in [0.2, 0.25) is 0 Å². The van der Waals surface area contributed by atoms with Gasteiger partial charge in [0.05, 0.1) is 6.61 Å². The van der Waals surface area contributed by atoms with Crippen molar-refractivity contribution in [3.63, 3.8) is 0 Å². The van der Waals surface area contributed by atoms with Crippen LogP contribution < -0.4 is 0 Å². The molecule has 0 radical (unpaired) electrons. The number of ether oxygens (including phenoxy) is 3. The Balaban J connectivity index is 0.000000437. The highest BCUT2D eigenvalue weighted by Crippen LogP contribution is 2.08. The molecule has 1 fully saturated rings. The molecular weight excluding hydrogens is 228 g/mol. The first-order valence-electron chi connectivity index (χ1n) is 5.37. The number of aliphatic carboxylic acids is 1. The zero-order chi connectivity index (χ0) is 13.1. The molecule has 17 heavy (non-hydrogen) atoms. The van der Waals surface area contributed by atoms with E-state index in [1.54, 1.807) is 0 Å². The van der Waals surface area contributed by atoms with Crippen LogP contribution in [0.4, 0.5) is 0 Å². The molecule has 0 aliphatic carbocycles. The number of esters is 1. The van der Waals surface area contributed by atoms with Gasteiger partial charge in [-0.3, -0.25) is 0 Å². The second-order valence-electron chi connectivity index (χ2n) is 3.04. The molecule has 1 atom stereocenters. The van der Waals surface area contributed by atoms with Crippen molar-refractivity contribution in [2.75, 3.05) is 26.4 Å². The normalized spacial score (nSPS) is 17.2. The fraction of sp³-hybridized carbons (Fsp3) is 0.636. The SMILES string of the molecule is CCOCC.O=C(O)/C=C\C(=O)OCC1CO1. The second kappa shape index (κ2) is 9.80. The summed E-state index contributed by atoms with van der Waals surface area (Å²) in [5.74, 6) is -1.83. The van der Waals surface area contributed by atoms with Gasteiger partial charge in [-0.05, 0) is 13.8 Å². The molecular formula is C11H18O6. The summed E-state index contributed by atoms with van der Waals surface area (Å²) in [7, 11) is 0. The molecule has 98 valence electrons. The molecule has 0 bridgehead atoms. The van der Waals surface area contributed by atoms with Gasteiger partial charge in [-0.25, -0.2) is 9.59 Å². The third-order valence-corrected chi connectivity index (χ3v) is 1.58. The minimum Gasteiger partial charge on any atom is -0.478 e. The topological polar surface area (TPSA) is 85.4 Å². The predicted molar refractivity (Wildman–Crippen MR) is 59.6 cm³/mol. The third kappa shape index (κ3) is 12.5. The van der Waals surface area contributed by atoms with Gasteiger partial charge in [0, 0.05) is 25.4 Å². The van der Waals surface area contributed by atoms with E-state index in [4.69, 9.17) is 14.6 Å². The number of carbonyl (C=O) groups is 2. The Morgan fingerprint density at radius 3 is 2.29 bits per heavy atom. The summed E-state index contributed by atoms with van der Waals surface area (Å²) in [5, 5.41) is 8.13. The molecule has 1 aliphatic heterocycles.